The minimum absolute atomic E-state index is 0.135. The van der Waals surface area contributed by atoms with E-state index in [0.717, 1.165) is 35.0 Å². The van der Waals surface area contributed by atoms with Crippen LogP contribution in [0, 0.1) is 0 Å². The lowest BCUT2D eigenvalue weighted by Gasteiger charge is -2.19. The first-order valence-electron chi connectivity index (χ1n) is 11.8. The number of hydrogen-bond acceptors (Lipinski definition) is 6. The Morgan fingerprint density at radius 1 is 1.03 bits per heavy atom. The molecule has 0 spiro atoms. The molecular formula is C27H27N7O2. The number of benzene rings is 3. The van der Waals surface area contributed by atoms with E-state index in [1.54, 1.807) is 22.9 Å². The van der Waals surface area contributed by atoms with E-state index in [1.165, 1.54) is 6.08 Å². The highest BCUT2D eigenvalue weighted by Gasteiger charge is 2.29. The van der Waals surface area contributed by atoms with E-state index in [9.17, 15) is 9.59 Å². The molecule has 1 saturated carbocycles. The second-order valence-electron chi connectivity index (χ2n) is 8.73. The molecule has 1 aliphatic rings. The normalized spacial score (nSPS) is 14.1. The summed E-state index contributed by atoms with van der Waals surface area (Å²) in [5.74, 6) is -0.408. The van der Waals surface area contributed by atoms with E-state index in [1.807, 2.05) is 60.7 Å². The van der Waals surface area contributed by atoms with Crippen molar-refractivity contribution < 1.29 is 9.59 Å². The number of fused-ring (bicyclic) bond motifs is 1. The lowest BCUT2D eigenvalue weighted by Crippen LogP contribution is -2.39. The van der Waals surface area contributed by atoms with Gasteiger partial charge in [0.15, 0.2) is 0 Å². The third kappa shape index (κ3) is 5.59. The number of para-hydroxylation sites is 3. The maximum atomic E-state index is 13.1. The summed E-state index contributed by atoms with van der Waals surface area (Å²) >= 11 is 0. The standard InChI is InChI=1S/C27H27N7O2/c28-21-5-1-2-6-22(21)31-25(35)16-11-18-9-12-19(13-10-18)26(30-20-14-15-20)27(36)29-17-34-24-8-4-3-7-23(24)32-33-34/h1-13,16,20,26,30H,14-15,17,28H2,(H,29,36)(H,31,35)/b16-11+. The fraction of sp³-hybridized carbons (Fsp3) is 0.185. The molecule has 1 fully saturated rings. The van der Waals surface area contributed by atoms with Crippen molar-refractivity contribution in [3.05, 3.63) is 90.0 Å². The third-order valence-corrected chi connectivity index (χ3v) is 5.98. The highest BCUT2D eigenvalue weighted by molar-refractivity contribution is 6.03. The molecule has 5 N–H and O–H groups in total. The van der Waals surface area contributed by atoms with Gasteiger partial charge in [0.2, 0.25) is 11.8 Å². The fourth-order valence-electron chi connectivity index (χ4n) is 3.85. The zero-order chi connectivity index (χ0) is 24.9. The summed E-state index contributed by atoms with van der Waals surface area (Å²) < 4.78 is 1.67. The molecule has 0 saturated heterocycles. The average molecular weight is 482 g/mol. The molecule has 9 nitrogen and oxygen atoms in total. The number of rotatable bonds is 9. The summed E-state index contributed by atoms with van der Waals surface area (Å²) in [6.45, 7) is 0.226. The predicted molar refractivity (Wildman–Crippen MR) is 140 cm³/mol. The third-order valence-electron chi connectivity index (χ3n) is 5.98. The van der Waals surface area contributed by atoms with Crippen molar-refractivity contribution >= 4 is 40.3 Å². The van der Waals surface area contributed by atoms with E-state index in [2.05, 4.69) is 26.3 Å². The van der Waals surface area contributed by atoms with Gasteiger partial charge in [-0.05, 0) is 54.3 Å². The molecule has 0 aliphatic heterocycles. The molecule has 2 amide bonds. The van der Waals surface area contributed by atoms with E-state index in [4.69, 9.17) is 5.73 Å². The molecule has 1 atom stereocenters. The maximum absolute atomic E-state index is 13.1. The van der Waals surface area contributed by atoms with E-state index in [-0.39, 0.29) is 18.5 Å². The van der Waals surface area contributed by atoms with E-state index < -0.39 is 6.04 Å². The quantitative estimate of drug-likeness (QED) is 0.215. The first kappa shape index (κ1) is 23.3. The van der Waals surface area contributed by atoms with E-state index in [0.29, 0.717) is 17.4 Å². The van der Waals surface area contributed by atoms with E-state index >= 15 is 0 Å². The topological polar surface area (TPSA) is 127 Å². The summed E-state index contributed by atoms with van der Waals surface area (Å²) in [5, 5.41) is 17.4. The van der Waals surface area contributed by atoms with Crippen molar-refractivity contribution in [2.24, 2.45) is 0 Å². The Kier molecular flexibility index (Phi) is 6.72. The second kappa shape index (κ2) is 10.4. The highest BCUT2D eigenvalue weighted by atomic mass is 16.2. The molecule has 1 heterocycles. The average Bonchev–Trinajstić information content (AvgIpc) is 3.63. The van der Waals surface area contributed by atoms with Gasteiger partial charge < -0.3 is 16.4 Å². The van der Waals surface area contributed by atoms with Gasteiger partial charge in [-0.1, -0.05) is 53.7 Å². The Bertz CT molecular complexity index is 1410. The molecule has 3 aromatic carbocycles. The van der Waals surface area contributed by atoms with Gasteiger partial charge in [-0.2, -0.15) is 0 Å². The molecule has 182 valence electrons. The molecule has 1 aromatic heterocycles. The van der Waals surface area contributed by atoms with Crippen LogP contribution in [-0.4, -0.2) is 32.9 Å². The van der Waals surface area contributed by atoms with Crippen LogP contribution in [0.3, 0.4) is 0 Å². The fourth-order valence-corrected chi connectivity index (χ4v) is 3.85. The number of nitrogens with zero attached hydrogens (tertiary/aromatic N) is 3. The van der Waals surface area contributed by atoms with Gasteiger partial charge in [0.05, 0.1) is 16.9 Å². The van der Waals surface area contributed by atoms with Gasteiger partial charge in [0, 0.05) is 12.1 Å². The number of nitrogens with one attached hydrogen (secondary N) is 3. The van der Waals surface area contributed by atoms with Crippen LogP contribution in [0.5, 0.6) is 0 Å². The summed E-state index contributed by atoms with van der Waals surface area (Å²) in [6.07, 6.45) is 5.28. The van der Waals surface area contributed by atoms with Crippen LogP contribution < -0.4 is 21.7 Å². The van der Waals surface area contributed by atoms with Crippen LogP contribution in [0.2, 0.25) is 0 Å². The van der Waals surface area contributed by atoms with Crippen molar-refractivity contribution in [2.45, 2.75) is 31.6 Å². The molecule has 36 heavy (non-hydrogen) atoms. The zero-order valence-corrected chi connectivity index (χ0v) is 19.6. The Morgan fingerprint density at radius 3 is 2.56 bits per heavy atom. The summed E-state index contributed by atoms with van der Waals surface area (Å²) in [5.41, 5.74) is 10.3. The second-order valence-corrected chi connectivity index (χ2v) is 8.73. The molecule has 5 rings (SSSR count). The van der Waals surface area contributed by atoms with Crippen LogP contribution in [0.25, 0.3) is 17.1 Å². The number of nitrogens with two attached hydrogens (primary N) is 1. The molecular weight excluding hydrogens is 454 g/mol. The van der Waals surface area contributed by atoms with Gasteiger partial charge in [0.1, 0.15) is 18.2 Å². The summed E-state index contributed by atoms with van der Waals surface area (Å²) in [6, 6.07) is 22.1. The minimum atomic E-state index is -0.491. The Labute approximate surface area is 208 Å². The molecule has 1 aliphatic carbocycles. The molecule has 9 heteroatoms. The predicted octanol–water partition coefficient (Wildman–Crippen LogP) is 3.23. The van der Waals surface area contributed by atoms with Crippen molar-refractivity contribution in [3.63, 3.8) is 0 Å². The van der Waals surface area contributed by atoms with Crippen LogP contribution >= 0.6 is 0 Å². The number of anilines is 2. The zero-order valence-electron chi connectivity index (χ0n) is 19.6. The highest BCUT2D eigenvalue weighted by Crippen LogP contribution is 2.25. The van der Waals surface area contributed by atoms with Crippen LogP contribution in [0.4, 0.5) is 11.4 Å². The Balaban J connectivity index is 1.23. The lowest BCUT2D eigenvalue weighted by molar-refractivity contribution is -0.124. The number of amides is 2. The van der Waals surface area contributed by atoms with Gasteiger partial charge in [0.25, 0.3) is 0 Å². The largest absolute Gasteiger partial charge is 0.397 e. The van der Waals surface area contributed by atoms with Gasteiger partial charge in [-0.15, -0.1) is 5.10 Å². The van der Waals surface area contributed by atoms with Crippen LogP contribution in [0.1, 0.15) is 30.0 Å². The van der Waals surface area contributed by atoms with Crippen molar-refractivity contribution in [1.82, 2.24) is 25.6 Å². The number of hydrogen-bond donors (Lipinski definition) is 4. The SMILES string of the molecule is Nc1ccccc1NC(=O)/C=C/c1ccc(C(NC2CC2)C(=O)NCn2nnc3ccccc32)cc1. The first-order valence-corrected chi connectivity index (χ1v) is 11.8. The van der Waals surface area contributed by atoms with Gasteiger partial charge in [-0.25, -0.2) is 4.68 Å². The summed E-state index contributed by atoms with van der Waals surface area (Å²) in [4.78, 5) is 25.4. The number of nitrogen functional groups attached to an aromatic ring is 1. The lowest BCUT2D eigenvalue weighted by atomic mass is 10.0. The Morgan fingerprint density at radius 2 is 1.78 bits per heavy atom. The first-order chi connectivity index (χ1) is 17.6. The minimum Gasteiger partial charge on any atom is -0.397 e. The van der Waals surface area contributed by atoms with Crippen molar-refractivity contribution in [2.75, 3.05) is 11.1 Å². The summed E-state index contributed by atoms with van der Waals surface area (Å²) in [7, 11) is 0. The monoisotopic (exact) mass is 481 g/mol. The Hall–Kier alpha value is -4.50. The van der Waals surface area contributed by atoms with Gasteiger partial charge in [-0.3, -0.25) is 14.9 Å². The number of carbonyl (C=O) groups is 2. The van der Waals surface area contributed by atoms with Crippen LogP contribution in [0.15, 0.2) is 78.9 Å². The molecule has 0 bridgehead atoms. The molecule has 1 unspecified atom stereocenters. The number of carbonyl (C=O) groups excluding carboxylic acids is 2. The van der Waals surface area contributed by atoms with Gasteiger partial charge >= 0.3 is 0 Å². The smallest absolute Gasteiger partial charge is 0.248 e. The molecule has 0 radical (unpaired) electrons. The maximum Gasteiger partial charge on any atom is 0.248 e. The van der Waals surface area contributed by atoms with Crippen molar-refractivity contribution in [1.29, 1.82) is 0 Å². The van der Waals surface area contributed by atoms with Crippen LogP contribution in [-0.2, 0) is 16.3 Å². The molecule has 4 aromatic rings. The number of aromatic nitrogens is 3. The van der Waals surface area contributed by atoms with Crippen molar-refractivity contribution in [3.8, 4) is 0 Å².